The quantitative estimate of drug-likeness (QED) is 0.358. The Bertz CT molecular complexity index is 820. The maximum Gasteiger partial charge on any atom is 0.408 e. The number of esters is 1. The number of rotatable bonds is 11. The average molecular weight is 451 g/mol. The molecule has 0 aliphatic carbocycles. The number of hydrogen-bond acceptors (Lipinski definition) is 7. The van der Waals surface area contributed by atoms with E-state index in [0.29, 0.717) is 5.56 Å². The van der Waals surface area contributed by atoms with Crippen molar-refractivity contribution in [2.75, 3.05) is 0 Å². The van der Waals surface area contributed by atoms with Gasteiger partial charge >= 0.3 is 18.0 Å². The predicted molar refractivity (Wildman–Crippen MR) is 112 cm³/mol. The summed E-state index contributed by atoms with van der Waals surface area (Å²) in [6.07, 6.45) is -2.08. The third-order valence-electron chi connectivity index (χ3n) is 3.91. The minimum atomic E-state index is -1.47. The van der Waals surface area contributed by atoms with Crippen LogP contribution >= 0.6 is 0 Å². The average Bonchev–Trinajstić information content (AvgIpc) is 2.67. The van der Waals surface area contributed by atoms with Gasteiger partial charge in [0.2, 0.25) is 11.8 Å². The van der Waals surface area contributed by atoms with Gasteiger partial charge in [0.05, 0.1) is 6.42 Å². The first kappa shape index (κ1) is 26.4. The molecule has 5 N–H and O–H groups in total. The topological polar surface area (TPSA) is 174 Å². The van der Waals surface area contributed by atoms with Crippen LogP contribution in [-0.2, 0) is 35.3 Å². The molecule has 0 aliphatic heterocycles. The summed E-state index contributed by atoms with van der Waals surface area (Å²) in [7, 11) is 0. The Hall–Kier alpha value is -3.63. The lowest BCUT2D eigenvalue weighted by molar-refractivity contribution is -0.156. The van der Waals surface area contributed by atoms with Crippen molar-refractivity contribution in [3.05, 3.63) is 35.9 Å². The van der Waals surface area contributed by atoms with Gasteiger partial charge in [0.15, 0.2) is 0 Å². The number of aliphatic carboxylic acids is 1. The standard InChI is InChI=1S/C21H29N3O8/c1-21(2,3)32-17(26)11-15(18(27)23-14(19(28)29)9-10-16(22)25)24-20(30)31-12-13-7-5-4-6-8-13/h4-8,14-15H,9-12H2,1-3H3,(H2,22,25)(H,23,27)(H,24,30)(H,28,29)/t14-,15+/m0/s1. The van der Waals surface area contributed by atoms with E-state index >= 15 is 0 Å². The zero-order valence-corrected chi connectivity index (χ0v) is 18.3. The minimum absolute atomic E-state index is 0.0796. The Morgan fingerprint density at radius 2 is 1.66 bits per heavy atom. The van der Waals surface area contributed by atoms with Gasteiger partial charge < -0.3 is 30.9 Å². The molecule has 1 rings (SSSR count). The Balaban J connectivity index is 2.86. The van der Waals surface area contributed by atoms with Gasteiger partial charge in [-0.15, -0.1) is 0 Å². The number of carboxylic acids is 1. The fourth-order valence-corrected chi connectivity index (χ4v) is 2.48. The second kappa shape index (κ2) is 12.3. The SMILES string of the molecule is CC(C)(C)OC(=O)C[C@@H](NC(=O)OCc1ccccc1)C(=O)N[C@@H](CCC(N)=O)C(=O)O. The molecule has 0 saturated carbocycles. The van der Waals surface area contributed by atoms with Gasteiger partial charge in [-0.05, 0) is 32.8 Å². The van der Waals surface area contributed by atoms with E-state index in [0.717, 1.165) is 0 Å². The van der Waals surface area contributed by atoms with Gasteiger partial charge in [-0.25, -0.2) is 9.59 Å². The van der Waals surface area contributed by atoms with Crippen LogP contribution < -0.4 is 16.4 Å². The smallest absolute Gasteiger partial charge is 0.408 e. The Kier molecular flexibility index (Phi) is 10.1. The summed E-state index contributed by atoms with van der Waals surface area (Å²) >= 11 is 0. The van der Waals surface area contributed by atoms with Gasteiger partial charge in [0.25, 0.3) is 0 Å². The second-order valence-corrected chi connectivity index (χ2v) is 7.95. The second-order valence-electron chi connectivity index (χ2n) is 7.95. The predicted octanol–water partition coefficient (Wildman–Crippen LogP) is 0.848. The lowest BCUT2D eigenvalue weighted by Gasteiger charge is -2.23. The third kappa shape index (κ3) is 11.0. The molecule has 0 spiro atoms. The Morgan fingerprint density at radius 1 is 1.03 bits per heavy atom. The van der Waals surface area contributed by atoms with Gasteiger partial charge in [-0.2, -0.15) is 0 Å². The lowest BCUT2D eigenvalue weighted by atomic mass is 10.1. The monoisotopic (exact) mass is 451 g/mol. The summed E-state index contributed by atoms with van der Waals surface area (Å²) in [6.45, 7) is 4.81. The maximum atomic E-state index is 12.6. The fourth-order valence-electron chi connectivity index (χ4n) is 2.48. The molecule has 11 nitrogen and oxygen atoms in total. The first-order chi connectivity index (χ1) is 14.9. The van der Waals surface area contributed by atoms with Crippen LogP contribution in [0.4, 0.5) is 4.79 Å². The van der Waals surface area contributed by atoms with E-state index in [2.05, 4.69) is 10.6 Å². The molecule has 0 saturated heterocycles. The van der Waals surface area contributed by atoms with Crippen molar-refractivity contribution in [2.45, 2.75) is 64.3 Å². The minimum Gasteiger partial charge on any atom is -0.480 e. The van der Waals surface area contributed by atoms with E-state index in [1.165, 1.54) is 0 Å². The van der Waals surface area contributed by atoms with E-state index in [9.17, 15) is 29.1 Å². The van der Waals surface area contributed by atoms with Gasteiger partial charge in [-0.3, -0.25) is 14.4 Å². The highest BCUT2D eigenvalue weighted by Gasteiger charge is 2.30. The molecule has 32 heavy (non-hydrogen) atoms. The molecule has 1 aromatic carbocycles. The fraction of sp³-hybridized carbons (Fsp3) is 0.476. The van der Waals surface area contributed by atoms with Crippen LogP contribution in [-0.4, -0.2) is 52.6 Å². The largest absolute Gasteiger partial charge is 0.480 e. The molecule has 3 amide bonds. The van der Waals surface area contributed by atoms with Crippen molar-refractivity contribution in [3.63, 3.8) is 0 Å². The molecule has 0 unspecified atom stereocenters. The normalized spacial score (nSPS) is 12.7. The molecule has 0 heterocycles. The number of ether oxygens (including phenoxy) is 2. The van der Waals surface area contributed by atoms with Gasteiger partial charge in [0, 0.05) is 6.42 Å². The molecule has 0 bridgehead atoms. The van der Waals surface area contributed by atoms with E-state index in [1.807, 2.05) is 0 Å². The number of nitrogens with one attached hydrogen (secondary N) is 2. The number of nitrogens with two attached hydrogens (primary N) is 1. The number of primary amides is 1. The number of hydrogen-bond donors (Lipinski definition) is 4. The highest BCUT2D eigenvalue weighted by atomic mass is 16.6. The molecule has 0 radical (unpaired) electrons. The summed E-state index contributed by atoms with van der Waals surface area (Å²) in [5.41, 5.74) is 4.89. The number of alkyl carbamates (subject to hydrolysis) is 1. The first-order valence-electron chi connectivity index (χ1n) is 9.88. The zero-order chi connectivity index (χ0) is 24.3. The van der Waals surface area contributed by atoms with E-state index < -0.39 is 54.0 Å². The third-order valence-corrected chi connectivity index (χ3v) is 3.91. The summed E-state index contributed by atoms with van der Waals surface area (Å²) in [5, 5.41) is 13.7. The molecular weight excluding hydrogens is 422 g/mol. The number of benzene rings is 1. The molecule has 11 heteroatoms. The van der Waals surface area contributed by atoms with Crippen LogP contribution in [0.15, 0.2) is 30.3 Å². The van der Waals surface area contributed by atoms with Crippen molar-refractivity contribution < 1.29 is 38.6 Å². The number of carboxylic acid groups (broad SMARTS) is 1. The highest BCUT2D eigenvalue weighted by molar-refractivity contribution is 5.92. The Labute approximate surface area is 185 Å². The van der Waals surface area contributed by atoms with E-state index in [4.69, 9.17) is 15.2 Å². The summed E-state index contributed by atoms with van der Waals surface area (Å²) < 4.78 is 10.2. The summed E-state index contributed by atoms with van der Waals surface area (Å²) in [6, 6.07) is 5.85. The molecule has 2 atom stereocenters. The van der Waals surface area contributed by atoms with Gasteiger partial charge in [-0.1, -0.05) is 30.3 Å². The summed E-state index contributed by atoms with van der Waals surface area (Å²) in [4.78, 5) is 59.4. The van der Waals surface area contributed by atoms with Crippen molar-refractivity contribution >= 4 is 29.8 Å². The molecule has 0 fully saturated rings. The van der Waals surface area contributed by atoms with E-state index in [-0.39, 0.29) is 19.4 Å². The van der Waals surface area contributed by atoms with Crippen LogP contribution in [0.25, 0.3) is 0 Å². The first-order valence-corrected chi connectivity index (χ1v) is 9.88. The van der Waals surface area contributed by atoms with Crippen molar-refractivity contribution in [1.29, 1.82) is 0 Å². The molecule has 0 aliphatic rings. The van der Waals surface area contributed by atoms with Crippen molar-refractivity contribution in [3.8, 4) is 0 Å². The maximum absolute atomic E-state index is 12.6. The summed E-state index contributed by atoms with van der Waals surface area (Å²) in [5.74, 6) is -3.88. The highest BCUT2D eigenvalue weighted by Crippen LogP contribution is 2.10. The van der Waals surface area contributed by atoms with Crippen LogP contribution in [0, 0.1) is 0 Å². The molecule has 0 aromatic heterocycles. The zero-order valence-electron chi connectivity index (χ0n) is 18.3. The van der Waals surface area contributed by atoms with Crippen LogP contribution in [0.5, 0.6) is 0 Å². The van der Waals surface area contributed by atoms with Crippen molar-refractivity contribution in [1.82, 2.24) is 10.6 Å². The Morgan fingerprint density at radius 3 is 2.19 bits per heavy atom. The number of carbonyl (C=O) groups is 5. The van der Waals surface area contributed by atoms with Crippen LogP contribution in [0.3, 0.4) is 0 Å². The number of carbonyl (C=O) groups excluding carboxylic acids is 4. The molecule has 176 valence electrons. The van der Waals surface area contributed by atoms with Crippen molar-refractivity contribution in [2.24, 2.45) is 5.73 Å². The molecule has 1 aromatic rings. The van der Waals surface area contributed by atoms with Crippen LogP contribution in [0.1, 0.15) is 45.6 Å². The molecular formula is C21H29N3O8. The van der Waals surface area contributed by atoms with Gasteiger partial charge in [0.1, 0.15) is 24.3 Å². The van der Waals surface area contributed by atoms with Crippen LogP contribution in [0.2, 0.25) is 0 Å². The lowest BCUT2D eigenvalue weighted by Crippen LogP contribution is -2.52. The van der Waals surface area contributed by atoms with E-state index in [1.54, 1.807) is 51.1 Å². The number of amides is 3.